The minimum absolute atomic E-state index is 0.0438. The number of halogens is 1. The number of nitrogens with one attached hydrogen (secondary N) is 1. The number of aryl methyl sites for hydroxylation is 1. The number of aromatic nitrogens is 4. The van der Waals surface area contributed by atoms with Gasteiger partial charge in [-0.15, -0.1) is 0 Å². The zero-order valence-corrected chi connectivity index (χ0v) is 24.8. The van der Waals surface area contributed by atoms with Crippen molar-refractivity contribution >= 4 is 70.2 Å². The van der Waals surface area contributed by atoms with Crippen LogP contribution in [-0.2, 0) is 16.7 Å². The highest BCUT2D eigenvalue weighted by molar-refractivity contribution is 9.10. The van der Waals surface area contributed by atoms with E-state index in [0.717, 1.165) is 42.6 Å². The van der Waals surface area contributed by atoms with Gasteiger partial charge in [-0.1, -0.05) is 23.8 Å². The summed E-state index contributed by atoms with van der Waals surface area (Å²) in [7, 11) is -4.02. The van der Waals surface area contributed by atoms with Gasteiger partial charge in [0.1, 0.15) is 23.3 Å². The molecule has 41 heavy (non-hydrogen) atoms. The van der Waals surface area contributed by atoms with E-state index in [0.29, 0.717) is 18.1 Å². The molecular formula is C28H24BrN5O5S2. The minimum atomic E-state index is -4.02. The molecule has 10 nitrogen and oxygen atoms in total. The van der Waals surface area contributed by atoms with Gasteiger partial charge in [-0.05, 0) is 82.9 Å². The van der Waals surface area contributed by atoms with Gasteiger partial charge in [0.15, 0.2) is 5.82 Å². The predicted molar refractivity (Wildman–Crippen MR) is 163 cm³/mol. The van der Waals surface area contributed by atoms with Crippen LogP contribution in [0.25, 0.3) is 21.1 Å². The Hall–Kier alpha value is -3.88. The molecule has 0 unspecified atom stereocenters. The zero-order valence-electron chi connectivity index (χ0n) is 21.6. The smallest absolute Gasteiger partial charge is 0.294 e. The van der Waals surface area contributed by atoms with Crippen LogP contribution in [0.1, 0.15) is 5.56 Å². The number of aliphatic hydroxyl groups is 1. The average Bonchev–Trinajstić information content (AvgIpc) is 3.59. The summed E-state index contributed by atoms with van der Waals surface area (Å²) in [4.78, 5) is 8.62. The molecule has 210 valence electrons. The maximum atomic E-state index is 10.5. The van der Waals surface area contributed by atoms with Crippen LogP contribution in [0.15, 0.2) is 94.8 Å². The number of hydrogen-bond acceptors (Lipinski definition) is 9. The Morgan fingerprint density at radius 1 is 1.05 bits per heavy atom. The lowest BCUT2D eigenvalue weighted by molar-refractivity contribution is 0.278. The molecule has 0 atom stereocenters. The first-order valence-corrected chi connectivity index (χ1v) is 15.3. The fraction of sp³-hybridized carbons (Fsp3) is 0.107. The number of fused-ring (bicyclic) bond motifs is 2. The molecule has 3 heterocycles. The van der Waals surface area contributed by atoms with Gasteiger partial charge in [0.05, 0.1) is 37.8 Å². The first-order chi connectivity index (χ1) is 19.7. The summed E-state index contributed by atoms with van der Waals surface area (Å²) < 4.78 is 43.7. The van der Waals surface area contributed by atoms with E-state index in [4.69, 9.17) is 9.29 Å². The quantitative estimate of drug-likeness (QED) is 0.163. The largest absolute Gasteiger partial charge is 0.455 e. The second-order valence-electron chi connectivity index (χ2n) is 8.84. The molecule has 3 N–H and O–H groups in total. The molecule has 3 aromatic carbocycles. The maximum Gasteiger partial charge on any atom is 0.294 e. The van der Waals surface area contributed by atoms with Crippen LogP contribution in [0.5, 0.6) is 11.5 Å². The first kappa shape index (κ1) is 28.6. The molecule has 0 bridgehead atoms. The number of rotatable bonds is 7. The van der Waals surface area contributed by atoms with Gasteiger partial charge in [0, 0.05) is 18.4 Å². The average molecular weight is 655 g/mol. The van der Waals surface area contributed by atoms with E-state index in [9.17, 15) is 13.5 Å². The monoisotopic (exact) mass is 653 g/mol. The lowest BCUT2D eigenvalue weighted by Crippen LogP contribution is -2.04. The van der Waals surface area contributed by atoms with Crippen LogP contribution in [0, 0.1) is 6.92 Å². The number of aliphatic hydroxyl groups excluding tert-OH is 1. The van der Waals surface area contributed by atoms with E-state index in [1.165, 1.54) is 30.0 Å². The summed E-state index contributed by atoms with van der Waals surface area (Å²) >= 11 is 5.05. The molecule has 0 aliphatic rings. The Morgan fingerprint density at radius 3 is 2.59 bits per heavy atom. The molecule has 0 spiro atoms. The van der Waals surface area contributed by atoms with Gasteiger partial charge in [-0.25, -0.2) is 9.97 Å². The first-order valence-electron chi connectivity index (χ1n) is 12.3. The van der Waals surface area contributed by atoms with E-state index in [1.807, 2.05) is 66.3 Å². The maximum absolute atomic E-state index is 10.5. The Labute approximate surface area is 248 Å². The van der Waals surface area contributed by atoms with Crippen molar-refractivity contribution in [1.29, 1.82) is 0 Å². The number of ether oxygens (including phenoxy) is 1. The van der Waals surface area contributed by atoms with Gasteiger partial charge in [-0.2, -0.15) is 12.8 Å². The molecule has 3 aromatic heterocycles. The Kier molecular flexibility index (Phi) is 8.61. The van der Waals surface area contributed by atoms with Gasteiger partial charge >= 0.3 is 0 Å². The zero-order chi connectivity index (χ0) is 29.0. The third-order valence-corrected chi connectivity index (χ3v) is 8.23. The Bertz CT molecular complexity index is 1920. The van der Waals surface area contributed by atoms with Crippen LogP contribution < -0.4 is 10.1 Å². The Balaban J connectivity index is 0.000000259. The molecule has 0 saturated heterocycles. The van der Waals surface area contributed by atoms with Crippen LogP contribution in [0.3, 0.4) is 0 Å². The third kappa shape index (κ3) is 6.72. The molecule has 0 amide bonds. The third-order valence-electron chi connectivity index (χ3n) is 5.98. The van der Waals surface area contributed by atoms with Crippen molar-refractivity contribution in [2.45, 2.75) is 18.4 Å². The fourth-order valence-corrected chi connectivity index (χ4v) is 5.60. The van der Waals surface area contributed by atoms with Crippen LogP contribution in [-0.4, -0.2) is 43.6 Å². The van der Waals surface area contributed by atoms with Crippen LogP contribution in [0.2, 0.25) is 0 Å². The van der Waals surface area contributed by atoms with Crippen molar-refractivity contribution in [3.63, 3.8) is 0 Å². The molecule has 13 heteroatoms. The number of nitrogens with zero attached hydrogens (tertiary/aromatic N) is 4. The summed E-state index contributed by atoms with van der Waals surface area (Å²) in [6.45, 7) is 2.36. The predicted octanol–water partition coefficient (Wildman–Crippen LogP) is 6.57. The highest BCUT2D eigenvalue weighted by atomic mass is 79.9. The standard InChI is InChI=1S/C21H16BrN5O2S.C7H8O3S/c22-15-10-13(26-21-20-16(23-12-24-21)6-7-27(20)8-9-28)4-5-18(15)29-17-2-1-3-19-14(17)11-25-30-19;1-6-2-4-7(5-3-6)11(8,9)10/h1-7,10-12,28H,8-9H2,(H,23,24,26);2-5H,1H3,(H,8,9,10). The van der Waals surface area contributed by atoms with Crippen molar-refractivity contribution in [2.24, 2.45) is 0 Å². The summed E-state index contributed by atoms with van der Waals surface area (Å²) in [5.74, 6) is 2.14. The normalized spacial score (nSPS) is 11.3. The topological polar surface area (TPSA) is 139 Å². The molecule has 6 aromatic rings. The molecule has 0 aliphatic heterocycles. The number of hydrogen-bond donors (Lipinski definition) is 3. The number of benzene rings is 3. The Morgan fingerprint density at radius 2 is 1.85 bits per heavy atom. The number of anilines is 2. The molecule has 6 rings (SSSR count). The van der Waals surface area contributed by atoms with E-state index in [1.54, 1.807) is 12.1 Å². The van der Waals surface area contributed by atoms with Gasteiger partial charge in [-0.3, -0.25) is 4.55 Å². The molecular weight excluding hydrogens is 630 g/mol. The van der Waals surface area contributed by atoms with Gasteiger partial charge in [0.25, 0.3) is 10.1 Å². The highest BCUT2D eigenvalue weighted by Gasteiger charge is 2.12. The van der Waals surface area contributed by atoms with Gasteiger partial charge < -0.3 is 19.7 Å². The van der Waals surface area contributed by atoms with Crippen molar-refractivity contribution in [1.82, 2.24) is 18.9 Å². The van der Waals surface area contributed by atoms with E-state index < -0.39 is 10.1 Å². The summed E-state index contributed by atoms with van der Waals surface area (Å²) in [6, 6.07) is 19.6. The summed E-state index contributed by atoms with van der Waals surface area (Å²) in [6.07, 6.45) is 5.24. The second-order valence-corrected chi connectivity index (χ2v) is 12.0. The fourth-order valence-electron chi connectivity index (χ4n) is 4.00. The van der Waals surface area contributed by atoms with Crippen LogP contribution >= 0.6 is 27.5 Å². The van der Waals surface area contributed by atoms with Gasteiger partial charge in [0.2, 0.25) is 0 Å². The van der Waals surface area contributed by atoms with Crippen molar-refractivity contribution in [3.8, 4) is 11.5 Å². The van der Waals surface area contributed by atoms with Crippen LogP contribution in [0.4, 0.5) is 11.5 Å². The van der Waals surface area contributed by atoms with Crippen molar-refractivity contribution < 1.29 is 22.8 Å². The highest BCUT2D eigenvalue weighted by Crippen LogP contribution is 2.37. The minimum Gasteiger partial charge on any atom is -0.455 e. The molecule has 0 aliphatic carbocycles. The van der Waals surface area contributed by atoms with E-state index >= 15 is 0 Å². The second kappa shape index (κ2) is 12.3. The lowest BCUT2D eigenvalue weighted by atomic mass is 10.2. The summed E-state index contributed by atoms with van der Waals surface area (Å²) in [5, 5.41) is 13.6. The van der Waals surface area contributed by atoms with E-state index in [2.05, 4.69) is 35.6 Å². The summed E-state index contributed by atoms with van der Waals surface area (Å²) in [5.41, 5.74) is 3.47. The van der Waals surface area contributed by atoms with Crippen molar-refractivity contribution in [3.05, 3.63) is 95.5 Å². The lowest BCUT2D eigenvalue weighted by Gasteiger charge is -2.12. The SMILES string of the molecule is Cc1ccc(S(=O)(=O)O)cc1.OCCn1ccc2ncnc(Nc3ccc(Oc4cccc5sncc45)c(Br)c3)c21. The molecule has 0 saturated carbocycles. The van der Waals surface area contributed by atoms with Crippen molar-refractivity contribution in [2.75, 3.05) is 11.9 Å². The molecule has 0 radical (unpaired) electrons. The molecule has 0 fully saturated rings. The van der Waals surface area contributed by atoms with E-state index in [-0.39, 0.29) is 11.5 Å².